The van der Waals surface area contributed by atoms with Crippen LogP contribution < -0.4 is 10.2 Å². The van der Waals surface area contributed by atoms with Crippen molar-refractivity contribution in [3.8, 4) is 0 Å². The average molecular weight is 283 g/mol. The Bertz CT molecular complexity index is 590. The Morgan fingerprint density at radius 3 is 2.71 bits per heavy atom. The van der Waals surface area contributed by atoms with E-state index in [-0.39, 0.29) is 11.8 Å². The van der Waals surface area contributed by atoms with Gasteiger partial charge >= 0.3 is 0 Å². The molecule has 21 heavy (non-hydrogen) atoms. The molecular formula is C15H17N5O. The first kappa shape index (κ1) is 13.5. The molecule has 108 valence electrons. The number of pyridine rings is 1. The van der Waals surface area contributed by atoms with E-state index in [9.17, 15) is 4.79 Å². The SMILES string of the molecule is O=C(Nc1ccncc1)[C@@H]1CCCN(c2ncccn2)C1. The van der Waals surface area contributed by atoms with Gasteiger partial charge in [-0.1, -0.05) is 0 Å². The maximum absolute atomic E-state index is 12.3. The Morgan fingerprint density at radius 2 is 1.95 bits per heavy atom. The predicted molar refractivity (Wildman–Crippen MR) is 79.8 cm³/mol. The van der Waals surface area contributed by atoms with Crippen LogP contribution in [0.25, 0.3) is 0 Å². The van der Waals surface area contributed by atoms with Crippen LogP contribution in [-0.2, 0) is 4.79 Å². The van der Waals surface area contributed by atoms with Gasteiger partial charge < -0.3 is 10.2 Å². The monoisotopic (exact) mass is 283 g/mol. The van der Waals surface area contributed by atoms with Crippen LogP contribution in [0.15, 0.2) is 43.0 Å². The largest absolute Gasteiger partial charge is 0.340 e. The third kappa shape index (κ3) is 3.34. The van der Waals surface area contributed by atoms with Gasteiger partial charge in [0.05, 0.1) is 5.92 Å². The quantitative estimate of drug-likeness (QED) is 0.928. The van der Waals surface area contributed by atoms with E-state index in [1.807, 2.05) is 0 Å². The lowest BCUT2D eigenvalue weighted by Crippen LogP contribution is -2.41. The fourth-order valence-electron chi connectivity index (χ4n) is 2.51. The molecule has 0 unspecified atom stereocenters. The number of anilines is 2. The highest BCUT2D eigenvalue weighted by Gasteiger charge is 2.27. The standard InChI is InChI=1S/C15H17N5O/c21-14(19-13-4-8-16-9-5-13)12-3-1-10-20(11-12)15-17-6-2-7-18-15/h2,4-9,12H,1,3,10-11H2,(H,16,19,21)/t12-/m1/s1. The second-order valence-corrected chi connectivity index (χ2v) is 5.06. The molecule has 0 bridgehead atoms. The zero-order valence-electron chi connectivity index (χ0n) is 11.6. The van der Waals surface area contributed by atoms with E-state index < -0.39 is 0 Å². The summed E-state index contributed by atoms with van der Waals surface area (Å²) in [5.41, 5.74) is 0.781. The molecule has 3 rings (SSSR count). The van der Waals surface area contributed by atoms with Crippen LogP contribution in [0.2, 0.25) is 0 Å². The van der Waals surface area contributed by atoms with E-state index in [2.05, 4.69) is 25.2 Å². The Balaban J connectivity index is 1.64. The van der Waals surface area contributed by atoms with Crippen LogP contribution in [0, 0.1) is 5.92 Å². The van der Waals surface area contributed by atoms with Gasteiger partial charge in [0.15, 0.2) is 0 Å². The zero-order chi connectivity index (χ0) is 14.5. The summed E-state index contributed by atoms with van der Waals surface area (Å²) in [5, 5.41) is 2.94. The molecule has 2 aromatic heterocycles. The number of rotatable bonds is 3. The average Bonchev–Trinajstić information content (AvgIpc) is 2.57. The summed E-state index contributed by atoms with van der Waals surface area (Å²) in [4.78, 5) is 26.9. The Labute approximate surface area is 123 Å². The smallest absolute Gasteiger partial charge is 0.229 e. The molecule has 1 aliphatic heterocycles. The van der Waals surface area contributed by atoms with Crippen molar-refractivity contribution in [3.63, 3.8) is 0 Å². The van der Waals surface area contributed by atoms with Gasteiger partial charge in [-0.2, -0.15) is 0 Å². The van der Waals surface area contributed by atoms with Crippen molar-refractivity contribution in [2.75, 3.05) is 23.3 Å². The lowest BCUT2D eigenvalue weighted by Gasteiger charge is -2.31. The number of hydrogen-bond donors (Lipinski definition) is 1. The van der Waals surface area contributed by atoms with Gasteiger partial charge in [-0.3, -0.25) is 9.78 Å². The van der Waals surface area contributed by atoms with Gasteiger partial charge in [0, 0.05) is 43.6 Å². The molecule has 0 spiro atoms. The van der Waals surface area contributed by atoms with E-state index in [1.54, 1.807) is 43.0 Å². The normalized spacial score (nSPS) is 18.3. The highest BCUT2D eigenvalue weighted by Crippen LogP contribution is 2.21. The Hall–Kier alpha value is -2.50. The van der Waals surface area contributed by atoms with Crippen LogP contribution in [-0.4, -0.2) is 33.9 Å². The second-order valence-electron chi connectivity index (χ2n) is 5.06. The van der Waals surface area contributed by atoms with Gasteiger partial charge in [0.1, 0.15) is 0 Å². The van der Waals surface area contributed by atoms with E-state index >= 15 is 0 Å². The molecule has 0 saturated carbocycles. The summed E-state index contributed by atoms with van der Waals surface area (Å²) in [7, 11) is 0. The summed E-state index contributed by atoms with van der Waals surface area (Å²) in [6.45, 7) is 1.55. The molecule has 1 aliphatic rings. The number of nitrogens with zero attached hydrogens (tertiary/aromatic N) is 4. The molecule has 1 atom stereocenters. The second kappa shape index (κ2) is 6.30. The molecule has 0 aliphatic carbocycles. The molecule has 2 aromatic rings. The number of piperidine rings is 1. The third-order valence-corrected chi connectivity index (χ3v) is 3.58. The van der Waals surface area contributed by atoms with E-state index in [0.29, 0.717) is 12.5 Å². The van der Waals surface area contributed by atoms with Crippen LogP contribution in [0.4, 0.5) is 11.6 Å². The van der Waals surface area contributed by atoms with Gasteiger partial charge in [-0.15, -0.1) is 0 Å². The number of aromatic nitrogens is 3. The predicted octanol–water partition coefficient (Wildman–Crippen LogP) is 1.73. The molecule has 1 saturated heterocycles. The summed E-state index contributed by atoms with van der Waals surface area (Å²) in [6.07, 6.45) is 8.64. The van der Waals surface area contributed by atoms with Gasteiger partial charge in [-0.05, 0) is 31.0 Å². The maximum Gasteiger partial charge on any atom is 0.229 e. The summed E-state index contributed by atoms with van der Waals surface area (Å²) < 4.78 is 0. The van der Waals surface area contributed by atoms with Gasteiger partial charge in [0.25, 0.3) is 0 Å². The van der Waals surface area contributed by atoms with Crippen molar-refractivity contribution >= 4 is 17.5 Å². The van der Waals surface area contributed by atoms with Gasteiger partial charge in [-0.25, -0.2) is 9.97 Å². The Kier molecular flexibility index (Phi) is 4.04. The fourth-order valence-corrected chi connectivity index (χ4v) is 2.51. The number of nitrogens with one attached hydrogen (secondary N) is 1. The highest BCUT2D eigenvalue weighted by molar-refractivity contribution is 5.92. The van der Waals surface area contributed by atoms with Crippen molar-refractivity contribution in [3.05, 3.63) is 43.0 Å². The van der Waals surface area contributed by atoms with Crippen molar-refractivity contribution in [1.29, 1.82) is 0 Å². The number of carbonyl (C=O) groups is 1. The first-order valence-corrected chi connectivity index (χ1v) is 7.06. The van der Waals surface area contributed by atoms with Crippen molar-refractivity contribution < 1.29 is 4.79 Å². The fraction of sp³-hybridized carbons (Fsp3) is 0.333. The van der Waals surface area contributed by atoms with Crippen LogP contribution in [0.5, 0.6) is 0 Å². The van der Waals surface area contributed by atoms with E-state index in [4.69, 9.17) is 0 Å². The lowest BCUT2D eigenvalue weighted by molar-refractivity contribution is -0.120. The number of amides is 1. The minimum Gasteiger partial charge on any atom is -0.340 e. The van der Waals surface area contributed by atoms with Crippen LogP contribution in [0.1, 0.15) is 12.8 Å². The topological polar surface area (TPSA) is 71.0 Å². The molecule has 6 heteroatoms. The van der Waals surface area contributed by atoms with Crippen LogP contribution >= 0.6 is 0 Å². The van der Waals surface area contributed by atoms with E-state index in [0.717, 1.165) is 25.1 Å². The molecule has 1 amide bonds. The summed E-state index contributed by atoms with van der Waals surface area (Å²) in [5.74, 6) is 0.691. The highest BCUT2D eigenvalue weighted by atomic mass is 16.1. The van der Waals surface area contributed by atoms with E-state index in [1.165, 1.54) is 0 Å². The van der Waals surface area contributed by atoms with Crippen molar-refractivity contribution in [2.24, 2.45) is 5.92 Å². The van der Waals surface area contributed by atoms with Crippen molar-refractivity contribution in [1.82, 2.24) is 15.0 Å². The summed E-state index contributed by atoms with van der Waals surface area (Å²) >= 11 is 0. The zero-order valence-corrected chi connectivity index (χ0v) is 11.6. The minimum absolute atomic E-state index is 0.0434. The Morgan fingerprint density at radius 1 is 1.19 bits per heavy atom. The molecule has 1 fully saturated rings. The first-order chi connectivity index (χ1) is 10.3. The van der Waals surface area contributed by atoms with Gasteiger partial charge in [0.2, 0.25) is 11.9 Å². The molecular weight excluding hydrogens is 266 g/mol. The number of carbonyl (C=O) groups excluding carboxylic acids is 1. The van der Waals surface area contributed by atoms with Crippen molar-refractivity contribution in [2.45, 2.75) is 12.8 Å². The third-order valence-electron chi connectivity index (χ3n) is 3.58. The number of hydrogen-bond acceptors (Lipinski definition) is 5. The molecule has 0 aromatic carbocycles. The van der Waals surface area contributed by atoms with Crippen LogP contribution in [0.3, 0.4) is 0 Å². The first-order valence-electron chi connectivity index (χ1n) is 7.06. The molecule has 1 N–H and O–H groups in total. The minimum atomic E-state index is -0.0456. The lowest BCUT2D eigenvalue weighted by atomic mass is 9.97. The molecule has 0 radical (unpaired) electrons. The molecule has 3 heterocycles. The summed E-state index contributed by atoms with van der Waals surface area (Å²) in [6, 6.07) is 5.37. The maximum atomic E-state index is 12.3. The molecule has 6 nitrogen and oxygen atoms in total.